The number of piperidine rings is 1. The lowest BCUT2D eigenvalue weighted by atomic mass is 9.96. The Bertz CT molecular complexity index is 620. The molecule has 1 saturated heterocycles. The van der Waals surface area contributed by atoms with E-state index in [1.807, 2.05) is 25.1 Å². The molecule has 1 atom stereocenters. The van der Waals surface area contributed by atoms with Gasteiger partial charge in [-0.05, 0) is 31.9 Å². The van der Waals surface area contributed by atoms with Crippen molar-refractivity contribution in [2.75, 3.05) is 32.8 Å². The minimum atomic E-state index is -0.922. The average Bonchev–Trinajstić information content (AvgIpc) is 2.67. The lowest BCUT2D eigenvalue weighted by molar-refractivity contribution is -0.142. The van der Waals surface area contributed by atoms with Gasteiger partial charge in [0.1, 0.15) is 5.75 Å². The molecular weight excluding hydrogens is 336 g/mol. The second kappa shape index (κ2) is 9.79. The van der Waals surface area contributed by atoms with Crippen LogP contribution < -0.4 is 4.74 Å². The molecular formula is C19H26N2O5. The van der Waals surface area contributed by atoms with E-state index in [1.165, 1.54) is 0 Å². The van der Waals surface area contributed by atoms with Crippen molar-refractivity contribution in [1.29, 1.82) is 0 Å². The van der Waals surface area contributed by atoms with Crippen molar-refractivity contribution < 1.29 is 24.2 Å². The quantitative estimate of drug-likeness (QED) is 0.759. The topological polar surface area (TPSA) is 87.2 Å². The average molecular weight is 362 g/mol. The highest BCUT2D eigenvalue weighted by Gasteiger charge is 2.31. The number of rotatable bonds is 8. The molecule has 1 aliphatic heterocycles. The fourth-order valence-corrected chi connectivity index (χ4v) is 3.07. The maximum absolute atomic E-state index is 12.7. The Morgan fingerprint density at radius 1 is 1.27 bits per heavy atom. The number of para-hydroxylation sites is 1. The number of hydrogen-bond donors (Lipinski definition) is 1. The first-order chi connectivity index (χ1) is 12.5. The van der Waals surface area contributed by atoms with Gasteiger partial charge in [0.25, 0.3) is 5.91 Å². The number of amides is 2. The number of nitrogens with zero attached hydrogens (tertiary/aromatic N) is 2. The van der Waals surface area contributed by atoms with Crippen LogP contribution in [0.2, 0.25) is 0 Å². The fourth-order valence-electron chi connectivity index (χ4n) is 3.07. The zero-order chi connectivity index (χ0) is 18.9. The summed E-state index contributed by atoms with van der Waals surface area (Å²) in [5.41, 5.74) is 0. The minimum Gasteiger partial charge on any atom is -0.484 e. The molecule has 1 aromatic rings. The molecule has 7 nitrogen and oxygen atoms in total. The molecule has 0 spiro atoms. The smallest absolute Gasteiger partial charge is 0.305 e. The van der Waals surface area contributed by atoms with Gasteiger partial charge in [-0.15, -0.1) is 0 Å². The molecule has 1 heterocycles. The van der Waals surface area contributed by atoms with Crippen LogP contribution >= 0.6 is 0 Å². The van der Waals surface area contributed by atoms with E-state index in [-0.39, 0.29) is 37.3 Å². The van der Waals surface area contributed by atoms with Crippen LogP contribution in [-0.4, -0.2) is 65.5 Å². The van der Waals surface area contributed by atoms with Gasteiger partial charge in [0.05, 0.1) is 12.3 Å². The molecule has 7 heteroatoms. The van der Waals surface area contributed by atoms with Crippen LogP contribution in [0.15, 0.2) is 30.3 Å². The molecule has 2 amide bonds. The van der Waals surface area contributed by atoms with Gasteiger partial charge in [-0.1, -0.05) is 18.2 Å². The number of carboxylic acids is 1. The van der Waals surface area contributed by atoms with Crippen molar-refractivity contribution in [1.82, 2.24) is 9.80 Å². The van der Waals surface area contributed by atoms with Crippen molar-refractivity contribution >= 4 is 17.8 Å². The first-order valence-electron chi connectivity index (χ1n) is 8.97. The second-order valence-corrected chi connectivity index (χ2v) is 6.34. The van der Waals surface area contributed by atoms with Crippen molar-refractivity contribution in [2.24, 2.45) is 5.92 Å². The maximum Gasteiger partial charge on any atom is 0.305 e. The summed E-state index contributed by atoms with van der Waals surface area (Å²) in [6.07, 6.45) is 1.40. The molecule has 0 bridgehead atoms. The van der Waals surface area contributed by atoms with E-state index in [1.54, 1.807) is 21.9 Å². The van der Waals surface area contributed by atoms with Crippen LogP contribution in [0.5, 0.6) is 5.75 Å². The Morgan fingerprint density at radius 3 is 2.65 bits per heavy atom. The van der Waals surface area contributed by atoms with Crippen LogP contribution in [0.1, 0.15) is 26.2 Å². The molecule has 142 valence electrons. The fraction of sp³-hybridized carbons (Fsp3) is 0.526. The van der Waals surface area contributed by atoms with E-state index in [9.17, 15) is 14.4 Å². The van der Waals surface area contributed by atoms with Crippen molar-refractivity contribution in [3.63, 3.8) is 0 Å². The van der Waals surface area contributed by atoms with Gasteiger partial charge in [-0.3, -0.25) is 14.4 Å². The molecule has 0 saturated carbocycles. The Balaban J connectivity index is 1.87. The highest BCUT2D eigenvalue weighted by molar-refractivity contribution is 5.82. The molecule has 26 heavy (non-hydrogen) atoms. The predicted molar refractivity (Wildman–Crippen MR) is 95.7 cm³/mol. The largest absolute Gasteiger partial charge is 0.484 e. The Hall–Kier alpha value is -2.57. The monoisotopic (exact) mass is 362 g/mol. The SMILES string of the molecule is CCN(CCC(=O)O)C(=O)C1CCCN(C(=O)COc2ccccc2)C1. The summed E-state index contributed by atoms with van der Waals surface area (Å²) < 4.78 is 5.50. The van der Waals surface area contributed by atoms with E-state index >= 15 is 0 Å². The first kappa shape index (κ1) is 19.8. The molecule has 1 N–H and O–H groups in total. The van der Waals surface area contributed by atoms with E-state index < -0.39 is 5.97 Å². The number of likely N-dealkylation sites (tertiary alicyclic amines) is 1. The number of aliphatic carboxylic acids is 1. The minimum absolute atomic E-state index is 0.0541. The van der Waals surface area contributed by atoms with Gasteiger partial charge in [0.15, 0.2) is 6.61 Å². The van der Waals surface area contributed by atoms with Crippen LogP contribution in [0.4, 0.5) is 0 Å². The van der Waals surface area contributed by atoms with Gasteiger partial charge in [0.2, 0.25) is 5.91 Å². The lowest BCUT2D eigenvalue weighted by Crippen LogP contribution is -2.48. The van der Waals surface area contributed by atoms with Gasteiger partial charge in [-0.25, -0.2) is 0 Å². The summed E-state index contributed by atoms with van der Waals surface area (Å²) in [6, 6.07) is 9.13. The molecule has 1 fully saturated rings. The zero-order valence-electron chi connectivity index (χ0n) is 15.1. The molecule has 0 aromatic heterocycles. The van der Waals surface area contributed by atoms with Crippen molar-refractivity contribution in [2.45, 2.75) is 26.2 Å². The molecule has 2 rings (SSSR count). The first-order valence-corrected chi connectivity index (χ1v) is 8.97. The van der Waals surface area contributed by atoms with Crippen molar-refractivity contribution in [3.05, 3.63) is 30.3 Å². The van der Waals surface area contributed by atoms with Gasteiger partial charge in [0, 0.05) is 26.2 Å². The summed E-state index contributed by atoms with van der Waals surface area (Å²) >= 11 is 0. The maximum atomic E-state index is 12.7. The van der Waals surface area contributed by atoms with E-state index in [0.717, 1.165) is 6.42 Å². The number of carbonyl (C=O) groups is 3. The molecule has 0 aliphatic carbocycles. The van der Waals surface area contributed by atoms with Crippen LogP contribution in [0.25, 0.3) is 0 Å². The highest BCUT2D eigenvalue weighted by Crippen LogP contribution is 2.20. The number of ether oxygens (including phenoxy) is 1. The third kappa shape index (κ3) is 5.75. The standard InChI is InChI=1S/C19H26N2O5/c1-2-20(12-10-18(23)24)19(25)15-7-6-11-21(13-15)17(22)14-26-16-8-4-3-5-9-16/h3-5,8-9,15H,2,6-7,10-14H2,1H3,(H,23,24). The number of carbonyl (C=O) groups excluding carboxylic acids is 2. The Labute approximate surface area is 153 Å². The predicted octanol–water partition coefficient (Wildman–Crippen LogP) is 1.63. The van der Waals surface area contributed by atoms with E-state index in [2.05, 4.69) is 0 Å². The van der Waals surface area contributed by atoms with Crippen LogP contribution in [-0.2, 0) is 14.4 Å². The highest BCUT2D eigenvalue weighted by atomic mass is 16.5. The van der Waals surface area contributed by atoms with E-state index in [0.29, 0.717) is 31.8 Å². The van der Waals surface area contributed by atoms with Crippen LogP contribution in [0.3, 0.4) is 0 Å². The Kier molecular flexibility index (Phi) is 7.44. The molecule has 0 radical (unpaired) electrons. The number of carboxylic acid groups (broad SMARTS) is 1. The van der Waals surface area contributed by atoms with E-state index in [4.69, 9.17) is 9.84 Å². The van der Waals surface area contributed by atoms with Gasteiger partial charge in [-0.2, -0.15) is 0 Å². The Morgan fingerprint density at radius 2 is 2.00 bits per heavy atom. The summed E-state index contributed by atoms with van der Waals surface area (Å²) in [5.74, 6) is -0.778. The summed E-state index contributed by atoms with van der Waals surface area (Å²) in [6.45, 7) is 3.42. The normalized spacial score (nSPS) is 16.8. The second-order valence-electron chi connectivity index (χ2n) is 6.34. The molecule has 1 unspecified atom stereocenters. The molecule has 1 aliphatic rings. The third-order valence-electron chi connectivity index (χ3n) is 4.52. The summed E-state index contributed by atoms with van der Waals surface area (Å²) in [5, 5.41) is 8.81. The number of benzene rings is 1. The molecule has 1 aromatic carbocycles. The van der Waals surface area contributed by atoms with Crippen molar-refractivity contribution in [3.8, 4) is 5.75 Å². The summed E-state index contributed by atoms with van der Waals surface area (Å²) in [4.78, 5) is 39.0. The van der Waals surface area contributed by atoms with Gasteiger partial charge >= 0.3 is 5.97 Å². The third-order valence-corrected chi connectivity index (χ3v) is 4.52. The lowest BCUT2D eigenvalue weighted by Gasteiger charge is -2.34. The van der Waals surface area contributed by atoms with Gasteiger partial charge < -0.3 is 19.6 Å². The summed E-state index contributed by atoms with van der Waals surface area (Å²) in [7, 11) is 0. The zero-order valence-corrected chi connectivity index (χ0v) is 15.1. The number of hydrogen-bond acceptors (Lipinski definition) is 4. The van der Waals surface area contributed by atoms with Crippen LogP contribution in [0, 0.1) is 5.92 Å².